The summed E-state index contributed by atoms with van der Waals surface area (Å²) in [7, 11) is 0. The molecule has 7 aliphatic rings. The molecule has 4 heteroatoms. The molecule has 0 aromatic carbocycles. The van der Waals surface area contributed by atoms with Crippen molar-refractivity contribution in [3.8, 4) is 0 Å². The molecule has 7 fully saturated rings. The molecule has 1 aliphatic heterocycles. The lowest BCUT2D eigenvalue weighted by Crippen LogP contribution is -2.48. The summed E-state index contributed by atoms with van der Waals surface area (Å²) in [6.45, 7) is 14.5. The van der Waals surface area contributed by atoms with Crippen molar-refractivity contribution in [1.82, 2.24) is 0 Å². The first-order chi connectivity index (χ1) is 18.4. The molecule has 6 saturated carbocycles. The van der Waals surface area contributed by atoms with Gasteiger partial charge in [-0.15, -0.1) is 0 Å². The molecule has 39 heavy (non-hydrogen) atoms. The van der Waals surface area contributed by atoms with Crippen LogP contribution >= 0.6 is 0 Å². The van der Waals surface area contributed by atoms with Crippen LogP contribution in [0.5, 0.6) is 0 Å². The Morgan fingerprint density at radius 3 is 2.36 bits per heavy atom. The summed E-state index contributed by atoms with van der Waals surface area (Å²) in [5, 5.41) is 11.0. The van der Waals surface area contributed by atoms with Crippen molar-refractivity contribution in [2.45, 2.75) is 156 Å². The molecule has 1 N–H and O–H groups in total. The van der Waals surface area contributed by atoms with E-state index in [1.165, 1.54) is 57.8 Å². The zero-order valence-electron chi connectivity index (χ0n) is 25.8. The van der Waals surface area contributed by atoms with Crippen molar-refractivity contribution < 1.29 is 19.4 Å². The molecule has 2 spiro atoms. The summed E-state index contributed by atoms with van der Waals surface area (Å²) in [6, 6.07) is 0. The van der Waals surface area contributed by atoms with Crippen LogP contribution < -0.4 is 0 Å². The Kier molecular flexibility index (Phi) is 6.08. The zero-order chi connectivity index (χ0) is 27.6. The first kappa shape index (κ1) is 27.2. The maximum atomic E-state index is 12.8. The van der Waals surface area contributed by atoms with E-state index in [0.717, 1.165) is 38.0 Å². The third kappa shape index (κ3) is 3.58. The highest BCUT2D eigenvalue weighted by atomic mass is 16.6. The third-order valence-corrected chi connectivity index (χ3v) is 15.4. The van der Waals surface area contributed by atoms with Crippen LogP contribution in [0.15, 0.2) is 0 Å². The summed E-state index contributed by atoms with van der Waals surface area (Å²) in [5.41, 5.74) is 1.70. The van der Waals surface area contributed by atoms with Gasteiger partial charge in [0.05, 0.1) is 24.2 Å². The van der Waals surface area contributed by atoms with Gasteiger partial charge in [0.25, 0.3) is 0 Å². The van der Waals surface area contributed by atoms with Gasteiger partial charge < -0.3 is 14.6 Å². The second-order valence-corrected chi connectivity index (χ2v) is 17.2. The summed E-state index contributed by atoms with van der Waals surface area (Å²) < 4.78 is 13.3. The highest BCUT2D eigenvalue weighted by molar-refractivity contribution is 5.73. The number of aliphatic hydroxyl groups is 1. The van der Waals surface area contributed by atoms with E-state index in [9.17, 15) is 9.90 Å². The number of rotatable bonds is 4. The van der Waals surface area contributed by atoms with Crippen molar-refractivity contribution in [3.63, 3.8) is 0 Å². The van der Waals surface area contributed by atoms with Gasteiger partial charge in [0.1, 0.15) is 6.10 Å². The molecule has 11 unspecified atom stereocenters. The smallest absolute Gasteiger partial charge is 0.309 e. The number of aliphatic hydroxyl groups excluding tert-OH is 1. The van der Waals surface area contributed by atoms with Crippen molar-refractivity contribution in [1.29, 1.82) is 0 Å². The number of hydrogen-bond acceptors (Lipinski definition) is 4. The lowest BCUT2D eigenvalue weighted by atomic mass is 9.54. The molecule has 0 radical (unpaired) electrons. The number of hydrogen-bond donors (Lipinski definition) is 1. The minimum atomic E-state index is -0.140. The number of carbonyl (C=O) groups excluding carboxylic acids is 1. The van der Waals surface area contributed by atoms with Gasteiger partial charge in [-0.2, -0.15) is 0 Å². The van der Waals surface area contributed by atoms with Gasteiger partial charge in [-0.3, -0.25) is 4.79 Å². The summed E-state index contributed by atoms with van der Waals surface area (Å²) >= 11 is 0. The average Bonchev–Trinajstić information content (AvgIpc) is 3.45. The Hall–Kier alpha value is -0.610. The van der Waals surface area contributed by atoms with Crippen LogP contribution in [0.3, 0.4) is 0 Å². The van der Waals surface area contributed by atoms with Gasteiger partial charge >= 0.3 is 5.97 Å². The standard InChI is InChI=1S/C35H56O4/c1-21(2)29(39-30(37)22-8-7-9-22)25-12-11-24-26(38-25)19-33(6)23-10-13-27-31(3,4)28(36)14-15-35(27)20-34(35,18-23)17-16-32(24,33)5/h21-29,36H,7-20H2,1-6H3. The summed E-state index contributed by atoms with van der Waals surface area (Å²) in [6.07, 6.45) is 17.1. The fraction of sp³-hybridized carbons (Fsp3) is 0.971. The Labute approximate surface area is 237 Å². The van der Waals surface area contributed by atoms with Crippen molar-refractivity contribution in [2.24, 2.45) is 56.7 Å². The Morgan fingerprint density at radius 2 is 1.67 bits per heavy atom. The maximum absolute atomic E-state index is 12.8. The lowest BCUT2D eigenvalue weighted by Gasteiger charge is -2.51. The fourth-order valence-electron chi connectivity index (χ4n) is 12.4. The molecular weight excluding hydrogens is 484 g/mol. The predicted octanol–water partition coefficient (Wildman–Crippen LogP) is 7.70. The molecule has 7 rings (SSSR count). The van der Waals surface area contributed by atoms with E-state index >= 15 is 0 Å². The number of fused-ring (bicyclic) bond motifs is 5. The molecule has 1 saturated heterocycles. The van der Waals surface area contributed by atoms with E-state index in [4.69, 9.17) is 9.47 Å². The first-order valence-electron chi connectivity index (χ1n) is 16.9. The molecule has 0 aromatic rings. The van der Waals surface area contributed by atoms with Gasteiger partial charge in [0.2, 0.25) is 0 Å². The van der Waals surface area contributed by atoms with Gasteiger partial charge in [-0.25, -0.2) is 0 Å². The topological polar surface area (TPSA) is 55.8 Å². The van der Waals surface area contributed by atoms with Gasteiger partial charge in [0.15, 0.2) is 0 Å². The molecule has 220 valence electrons. The molecule has 6 aliphatic carbocycles. The molecule has 0 aromatic heterocycles. The number of ether oxygens (including phenoxy) is 2. The Morgan fingerprint density at radius 1 is 0.897 bits per heavy atom. The van der Waals surface area contributed by atoms with Gasteiger partial charge in [-0.05, 0) is 134 Å². The first-order valence-corrected chi connectivity index (χ1v) is 16.9. The van der Waals surface area contributed by atoms with Gasteiger partial charge in [0, 0.05) is 0 Å². The zero-order valence-corrected chi connectivity index (χ0v) is 25.8. The molecule has 0 amide bonds. The molecule has 2 bridgehead atoms. The molecular formula is C35H56O4. The summed E-state index contributed by atoms with van der Waals surface area (Å²) in [4.78, 5) is 12.8. The van der Waals surface area contributed by atoms with E-state index in [-0.39, 0.29) is 41.5 Å². The van der Waals surface area contributed by atoms with Gasteiger partial charge in [-0.1, -0.05) is 48.0 Å². The number of esters is 1. The summed E-state index contributed by atoms with van der Waals surface area (Å²) in [5.74, 6) is 2.49. The quantitative estimate of drug-likeness (QED) is 0.371. The second-order valence-electron chi connectivity index (χ2n) is 17.2. The van der Waals surface area contributed by atoms with Crippen LogP contribution in [0.2, 0.25) is 0 Å². The monoisotopic (exact) mass is 540 g/mol. The van der Waals surface area contributed by atoms with E-state index in [2.05, 4.69) is 41.5 Å². The number of carbonyl (C=O) groups is 1. The second kappa shape index (κ2) is 8.71. The fourth-order valence-corrected chi connectivity index (χ4v) is 12.4. The van der Waals surface area contributed by atoms with Crippen LogP contribution in [0.25, 0.3) is 0 Å². The minimum absolute atomic E-state index is 0.0257. The average molecular weight is 541 g/mol. The van der Waals surface area contributed by atoms with E-state index in [1.807, 2.05) is 0 Å². The highest BCUT2D eigenvalue weighted by Gasteiger charge is 2.77. The van der Waals surface area contributed by atoms with E-state index in [1.54, 1.807) is 0 Å². The van der Waals surface area contributed by atoms with Crippen LogP contribution in [-0.4, -0.2) is 35.5 Å². The van der Waals surface area contributed by atoms with Crippen molar-refractivity contribution in [3.05, 3.63) is 0 Å². The molecule has 4 nitrogen and oxygen atoms in total. The lowest BCUT2D eigenvalue weighted by molar-refractivity contribution is -0.184. The van der Waals surface area contributed by atoms with Crippen LogP contribution in [0.1, 0.15) is 131 Å². The Balaban J connectivity index is 1.13. The molecule has 1 heterocycles. The SMILES string of the molecule is CC(C)C(OC(=O)C1CCC1)C1CCC2C(CC3(C)C4CCC5C(C)(C)C(O)CCC56CC6(CCC23C)C4)O1. The van der Waals surface area contributed by atoms with Crippen LogP contribution in [0, 0.1) is 56.7 Å². The largest absolute Gasteiger partial charge is 0.459 e. The van der Waals surface area contributed by atoms with Crippen LogP contribution in [0.4, 0.5) is 0 Å². The normalized spacial score (nSPS) is 52.7. The van der Waals surface area contributed by atoms with Crippen molar-refractivity contribution in [2.75, 3.05) is 0 Å². The van der Waals surface area contributed by atoms with Crippen molar-refractivity contribution >= 4 is 5.97 Å². The predicted molar refractivity (Wildman–Crippen MR) is 153 cm³/mol. The minimum Gasteiger partial charge on any atom is -0.459 e. The Bertz CT molecular complexity index is 1000. The van der Waals surface area contributed by atoms with E-state index in [0.29, 0.717) is 39.6 Å². The third-order valence-electron chi connectivity index (χ3n) is 15.4. The van der Waals surface area contributed by atoms with Crippen LogP contribution in [-0.2, 0) is 14.3 Å². The van der Waals surface area contributed by atoms with E-state index < -0.39 is 0 Å². The maximum Gasteiger partial charge on any atom is 0.309 e. The molecule has 11 atom stereocenters. The highest BCUT2D eigenvalue weighted by Crippen LogP contribution is 2.84.